The number of hydrogen-bond acceptors (Lipinski definition) is 5. The molecule has 0 aliphatic carbocycles. The lowest BCUT2D eigenvalue weighted by Gasteiger charge is -2.08. The third kappa shape index (κ3) is 4.66. The van der Waals surface area contributed by atoms with E-state index in [0.29, 0.717) is 30.7 Å². The quantitative estimate of drug-likeness (QED) is 0.139. The van der Waals surface area contributed by atoms with E-state index in [0.717, 1.165) is 27.7 Å². The predicted octanol–water partition coefficient (Wildman–Crippen LogP) is 2.10. The number of benzene rings is 2. The van der Waals surface area contributed by atoms with Crippen molar-refractivity contribution in [3.63, 3.8) is 0 Å². The first-order valence-corrected chi connectivity index (χ1v) is 9.70. The summed E-state index contributed by atoms with van der Waals surface area (Å²) in [6, 6.07) is 13.1. The van der Waals surface area contributed by atoms with Crippen molar-refractivity contribution in [3.05, 3.63) is 59.2 Å². The number of esters is 1. The zero-order valence-corrected chi connectivity index (χ0v) is 16.8. The zero-order valence-electron chi connectivity index (χ0n) is 16.8. The molecule has 0 saturated heterocycles. The molecule has 1 heterocycles. The number of carbonyl (C=O) groups excluding carboxylic acids is 1. The summed E-state index contributed by atoms with van der Waals surface area (Å²) in [7, 11) is 0. The molecule has 156 valence electrons. The van der Waals surface area contributed by atoms with Crippen LogP contribution >= 0.6 is 0 Å². The van der Waals surface area contributed by atoms with Crippen LogP contribution in [0.5, 0.6) is 0 Å². The van der Waals surface area contributed by atoms with Crippen LogP contribution in [0, 0.1) is 10.8 Å². The van der Waals surface area contributed by atoms with Crippen LogP contribution in [0.1, 0.15) is 23.6 Å². The highest BCUT2D eigenvalue weighted by molar-refractivity contribution is 6.01. The van der Waals surface area contributed by atoms with Crippen molar-refractivity contribution < 1.29 is 9.53 Å². The van der Waals surface area contributed by atoms with Gasteiger partial charge in [-0.05, 0) is 37.1 Å². The molecular weight excluding hydrogens is 380 g/mol. The highest BCUT2D eigenvalue weighted by Crippen LogP contribution is 2.31. The first-order valence-electron chi connectivity index (χ1n) is 9.70. The standard InChI is InChI=1S/C22H26N6O2/c1-2-30-19(29)12-27-10-9-17-16-8-7-15(22(25)26)11-18(16)28-20(17)13-3-5-14(6-4-13)21(23)24/h3-8,11,27-28H,2,9-10,12H2,1H3,(H3,23,24)(H3,25,26). The van der Waals surface area contributed by atoms with Gasteiger partial charge < -0.3 is 26.5 Å². The van der Waals surface area contributed by atoms with Crippen molar-refractivity contribution in [2.75, 3.05) is 19.7 Å². The van der Waals surface area contributed by atoms with Crippen LogP contribution in [0.4, 0.5) is 0 Å². The number of aromatic amines is 1. The summed E-state index contributed by atoms with van der Waals surface area (Å²) in [5.41, 5.74) is 16.4. The summed E-state index contributed by atoms with van der Waals surface area (Å²) in [5.74, 6) is -0.244. The van der Waals surface area contributed by atoms with E-state index in [1.807, 2.05) is 42.5 Å². The molecule has 0 saturated carbocycles. The number of fused-ring (bicyclic) bond motifs is 1. The number of nitrogen functional groups attached to an aromatic ring is 2. The van der Waals surface area contributed by atoms with Gasteiger partial charge in [-0.25, -0.2) is 0 Å². The van der Waals surface area contributed by atoms with E-state index in [4.69, 9.17) is 27.0 Å². The van der Waals surface area contributed by atoms with Crippen molar-refractivity contribution in [2.45, 2.75) is 13.3 Å². The molecule has 0 unspecified atom stereocenters. The number of nitrogens with two attached hydrogens (primary N) is 2. The van der Waals surface area contributed by atoms with E-state index < -0.39 is 0 Å². The summed E-state index contributed by atoms with van der Waals surface area (Å²) < 4.78 is 4.94. The van der Waals surface area contributed by atoms with Gasteiger partial charge in [-0.3, -0.25) is 15.6 Å². The fraction of sp³-hybridized carbons (Fsp3) is 0.227. The summed E-state index contributed by atoms with van der Waals surface area (Å²) in [5, 5.41) is 19.4. The highest BCUT2D eigenvalue weighted by atomic mass is 16.5. The average molecular weight is 406 g/mol. The third-order valence-electron chi connectivity index (χ3n) is 4.83. The minimum atomic E-state index is -0.275. The maximum atomic E-state index is 11.5. The first-order chi connectivity index (χ1) is 14.4. The van der Waals surface area contributed by atoms with Crippen LogP contribution in [-0.2, 0) is 16.0 Å². The van der Waals surface area contributed by atoms with Crippen molar-refractivity contribution >= 4 is 28.5 Å². The number of amidine groups is 2. The van der Waals surface area contributed by atoms with Gasteiger partial charge >= 0.3 is 5.97 Å². The SMILES string of the molecule is CCOC(=O)CNCCc1c(-c2ccc(C(=N)N)cc2)[nH]c2cc(C(=N)N)ccc12. The number of nitrogens with one attached hydrogen (secondary N) is 4. The van der Waals surface area contributed by atoms with Gasteiger partial charge in [0.2, 0.25) is 0 Å². The second kappa shape index (κ2) is 9.23. The first kappa shape index (κ1) is 21.1. The Morgan fingerprint density at radius 1 is 1.07 bits per heavy atom. The number of hydrogen-bond donors (Lipinski definition) is 6. The van der Waals surface area contributed by atoms with Crippen molar-refractivity contribution in [1.82, 2.24) is 10.3 Å². The summed E-state index contributed by atoms with van der Waals surface area (Å²) in [6.07, 6.45) is 0.683. The Balaban J connectivity index is 1.93. The fourth-order valence-corrected chi connectivity index (χ4v) is 3.36. The van der Waals surface area contributed by atoms with Crippen molar-refractivity contribution in [1.29, 1.82) is 10.8 Å². The van der Waals surface area contributed by atoms with Gasteiger partial charge in [0.05, 0.1) is 13.2 Å². The second-order valence-corrected chi connectivity index (χ2v) is 6.88. The maximum Gasteiger partial charge on any atom is 0.319 e. The van der Waals surface area contributed by atoms with Gasteiger partial charge in [0, 0.05) is 27.7 Å². The van der Waals surface area contributed by atoms with E-state index in [2.05, 4.69) is 10.3 Å². The molecule has 0 spiro atoms. The molecule has 0 aliphatic heterocycles. The molecule has 0 fully saturated rings. The van der Waals surface area contributed by atoms with Crippen LogP contribution in [0.2, 0.25) is 0 Å². The van der Waals surface area contributed by atoms with Crippen molar-refractivity contribution in [2.24, 2.45) is 11.5 Å². The molecule has 3 aromatic rings. The molecular formula is C22H26N6O2. The molecule has 2 aromatic carbocycles. The molecule has 8 nitrogen and oxygen atoms in total. The number of rotatable bonds is 9. The Kier molecular flexibility index (Phi) is 6.48. The van der Waals surface area contributed by atoms with Gasteiger partial charge in [-0.2, -0.15) is 0 Å². The van der Waals surface area contributed by atoms with Gasteiger partial charge in [0.1, 0.15) is 11.7 Å². The lowest BCUT2D eigenvalue weighted by Crippen LogP contribution is -2.26. The number of H-pyrrole nitrogens is 1. The Bertz CT molecular complexity index is 1080. The predicted molar refractivity (Wildman–Crippen MR) is 119 cm³/mol. The molecule has 0 bridgehead atoms. The molecule has 3 rings (SSSR count). The minimum Gasteiger partial charge on any atom is -0.465 e. The normalized spacial score (nSPS) is 10.8. The van der Waals surface area contributed by atoms with E-state index in [1.54, 1.807) is 6.92 Å². The lowest BCUT2D eigenvalue weighted by molar-refractivity contribution is -0.141. The molecule has 1 aromatic heterocycles. The molecule has 8 N–H and O–H groups in total. The second-order valence-electron chi connectivity index (χ2n) is 6.88. The Hall–Kier alpha value is -3.65. The minimum absolute atomic E-state index is 0.0107. The van der Waals surface area contributed by atoms with Gasteiger partial charge in [0.15, 0.2) is 0 Å². The summed E-state index contributed by atoms with van der Waals surface area (Å²) >= 11 is 0. The van der Waals surface area contributed by atoms with Crippen molar-refractivity contribution in [3.8, 4) is 11.3 Å². The molecule has 0 atom stereocenters. The fourth-order valence-electron chi connectivity index (χ4n) is 3.36. The third-order valence-corrected chi connectivity index (χ3v) is 4.83. The molecule has 8 heteroatoms. The van der Waals surface area contributed by atoms with Crippen LogP contribution in [0.3, 0.4) is 0 Å². The Morgan fingerprint density at radius 3 is 2.37 bits per heavy atom. The Morgan fingerprint density at radius 2 is 1.73 bits per heavy atom. The van der Waals surface area contributed by atoms with E-state index in [1.165, 1.54) is 0 Å². The molecule has 0 radical (unpaired) electrons. The number of carbonyl (C=O) groups is 1. The average Bonchev–Trinajstić information content (AvgIpc) is 3.09. The number of ether oxygens (including phenoxy) is 1. The van der Waals surface area contributed by atoms with Crippen LogP contribution < -0.4 is 16.8 Å². The van der Waals surface area contributed by atoms with E-state index >= 15 is 0 Å². The smallest absolute Gasteiger partial charge is 0.319 e. The lowest BCUT2D eigenvalue weighted by atomic mass is 10.0. The Labute approximate surface area is 174 Å². The van der Waals surface area contributed by atoms with E-state index in [-0.39, 0.29) is 24.2 Å². The summed E-state index contributed by atoms with van der Waals surface area (Å²) in [6.45, 7) is 2.90. The van der Waals surface area contributed by atoms with Gasteiger partial charge in [-0.15, -0.1) is 0 Å². The largest absolute Gasteiger partial charge is 0.465 e. The topological polar surface area (TPSA) is 154 Å². The van der Waals surface area contributed by atoms with Crippen LogP contribution in [0.15, 0.2) is 42.5 Å². The number of aromatic nitrogens is 1. The van der Waals surface area contributed by atoms with E-state index in [9.17, 15) is 4.79 Å². The van der Waals surface area contributed by atoms with Crippen LogP contribution in [-0.4, -0.2) is 42.3 Å². The van der Waals surface area contributed by atoms with Crippen LogP contribution in [0.25, 0.3) is 22.2 Å². The highest BCUT2D eigenvalue weighted by Gasteiger charge is 2.14. The molecule has 0 aliphatic rings. The van der Waals surface area contributed by atoms with Gasteiger partial charge in [0.25, 0.3) is 0 Å². The zero-order chi connectivity index (χ0) is 21.7. The monoisotopic (exact) mass is 406 g/mol. The summed E-state index contributed by atoms with van der Waals surface area (Å²) in [4.78, 5) is 15.0. The molecule has 0 amide bonds. The maximum absolute atomic E-state index is 11.5. The molecule has 30 heavy (non-hydrogen) atoms. The van der Waals surface area contributed by atoms with Gasteiger partial charge in [-0.1, -0.05) is 36.4 Å².